The quantitative estimate of drug-likeness (QED) is 0.345. The molecule has 4 nitrogen and oxygen atoms in total. The molecule has 0 amide bonds. The van der Waals surface area contributed by atoms with Crippen molar-refractivity contribution in [2.75, 3.05) is 13.2 Å². The molecule has 1 rings (SSSR count). The highest BCUT2D eigenvalue weighted by Gasteiger charge is 2.39. The third kappa shape index (κ3) is 9.43. The summed E-state index contributed by atoms with van der Waals surface area (Å²) in [5.41, 5.74) is 0. The van der Waals surface area contributed by atoms with E-state index in [9.17, 15) is 0 Å². The summed E-state index contributed by atoms with van der Waals surface area (Å²) >= 11 is 0. The first kappa shape index (κ1) is 18.5. The SMILES string of the molecule is C[Si](C)(C)O[Si](C)(C)O[Si](C)(C)OCCCCC1CO1. The van der Waals surface area contributed by atoms with Crippen LogP contribution in [0.3, 0.4) is 0 Å². The van der Waals surface area contributed by atoms with Gasteiger partial charge in [-0.1, -0.05) is 0 Å². The molecular formula is C13H32O4Si3. The minimum atomic E-state index is -2.07. The second-order valence-corrected chi connectivity index (χ2v) is 19.2. The zero-order valence-electron chi connectivity index (χ0n) is 14.2. The van der Waals surface area contributed by atoms with Gasteiger partial charge in [0.1, 0.15) is 0 Å². The molecule has 0 aliphatic carbocycles. The van der Waals surface area contributed by atoms with Crippen LogP contribution in [0.1, 0.15) is 19.3 Å². The molecule has 20 heavy (non-hydrogen) atoms. The van der Waals surface area contributed by atoms with Crippen LogP contribution in [0.5, 0.6) is 0 Å². The van der Waals surface area contributed by atoms with Crippen LogP contribution in [0.2, 0.25) is 45.8 Å². The van der Waals surface area contributed by atoms with E-state index in [1.165, 1.54) is 12.8 Å². The van der Waals surface area contributed by atoms with Gasteiger partial charge in [0, 0.05) is 6.61 Å². The van der Waals surface area contributed by atoms with Crippen molar-refractivity contribution in [1.82, 2.24) is 0 Å². The maximum atomic E-state index is 6.28. The Hall–Kier alpha value is 0.491. The molecule has 1 atom stereocenters. The van der Waals surface area contributed by atoms with E-state index in [2.05, 4.69) is 45.8 Å². The molecule has 0 N–H and O–H groups in total. The molecule has 7 heteroatoms. The Morgan fingerprint density at radius 2 is 1.50 bits per heavy atom. The summed E-state index contributed by atoms with van der Waals surface area (Å²) in [5.74, 6) is 0. The van der Waals surface area contributed by atoms with E-state index in [1.54, 1.807) is 0 Å². The van der Waals surface area contributed by atoms with E-state index in [1.807, 2.05) is 0 Å². The third-order valence-corrected chi connectivity index (χ3v) is 12.1. The van der Waals surface area contributed by atoms with E-state index < -0.39 is 25.4 Å². The van der Waals surface area contributed by atoms with Crippen LogP contribution in [0.25, 0.3) is 0 Å². The lowest BCUT2D eigenvalue weighted by atomic mass is 10.2. The number of ether oxygens (including phenoxy) is 1. The molecule has 1 unspecified atom stereocenters. The molecule has 1 fully saturated rings. The maximum Gasteiger partial charge on any atom is 0.322 e. The van der Waals surface area contributed by atoms with E-state index in [4.69, 9.17) is 17.4 Å². The van der Waals surface area contributed by atoms with Crippen LogP contribution in [0, 0.1) is 0 Å². The van der Waals surface area contributed by atoms with Crippen LogP contribution < -0.4 is 0 Å². The smallest absolute Gasteiger partial charge is 0.322 e. The summed E-state index contributed by atoms with van der Waals surface area (Å²) in [7, 11) is -5.70. The van der Waals surface area contributed by atoms with Gasteiger partial charge in [0.15, 0.2) is 8.32 Å². The topological polar surface area (TPSA) is 40.2 Å². The number of epoxide rings is 1. The van der Waals surface area contributed by atoms with Crippen molar-refractivity contribution in [2.24, 2.45) is 0 Å². The average Bonchev–Trinajstić information content (AvgIpc) is 2.94. The molecule has 0 saturated carbocycles. The van der Waals surface area contributed by atoms with E-state index >= 15 is 0 Å². The predicted octanol–water partition coefficient (Wildman–Crippen LogP) is 3.84. The second kappa shape index (κ2) is 7.17. The van der Waals surface area contributed by atoms with E-state index in [0.717, 1.165) is 19.6 Å². The lowest BCUT2D eigenvalue weighted by Gasteiger charge is -2.36. The van der Waals surface area contributed by atoms with Gasteiger partial charge in [0.2, 0.25) is 0 Å². The van der Waals surface area contributed by atoms with Crippen molar-refractivity contribution in [3.05, 3.63) is 0 Å². The fraction of sp³-hybridized carbons (Fsp3) is 1.00. The van der Waals surface area contributed by atoms with Crippen LogP contribution in [-0.4, -0.2) is 44.8 Å². The summed E-state index contributed by atoms with van der Waals surface area (Å²) in [6.07, 6.45) is 3.98. The zero-order valence-corrected chi connectivity index (χ0v) is 17.2. The lowest BCUT2D eigenvalue weighted by molar-refractivity contribution is 0.223. The van der Waals surface area contributed by atoms with Gasteiger partial charge < -0.3 is 17.4 Å². The zero-order chi connectivity index (χ0) is 15.4. The molecule has 1 saturated heterocycles. The van der Waals surface area contributed by atoms with Crippen molar-refractivity contribution in [3.63, 3.8) is 0 Å². The first-order chi connectivity index (χ1) is 8.99. The number of hydrogen-bond acceptors (Lipinski definition) is 4. The number of rotatable bonds is 10. The lowest BCUT2D eigenvalue weighted by Crippen LogP contribution is -2.52. The van der Waals surface area contributed by atoms with Crippen molar-refractivity contribution < 1.29 is 17.4 Å². The first-order valence-electron chi connectivity index (χ1n) is 7.65. The summed E-state index contributed by atoms with van der Waals surface area (Å²) in [5, 5.41) is 0. The molecule has 120 valence electrons. The van der Waals surface area contributed by atoms with Gasteiger partial charge in [0.05, 0.1) is 12.7 Å². The minimum Gasteiger partial charge on any atom is -0.437 e. The predicted molar refractivity (Wildman–Crippen MR) is 90.0 cm³/mol. The van der Waals surface area contributed by atoms with Crippen LogP contribution in [0.4, 0.5) is 0 Å². The Morgan fingerprint density at radius 1 is 0.900 bits per heavy atom. The molecule has 1 heterocycles. The molecule has 0 bridgehead atoms. The molecule has 1 aliphatic rings. The van der Waals surface area contributed by atoms with Gasteiger partial charge in [0.25, 0.3) is 0 Å². The van der Waals surface area contributed by atoms with Gasteiger partial charge in [-0.15, -0.1) is 0 Å². The second-order valence-electron chi connectivity index (χ2n) is 7.42. The minimum absolute atomic E-state index is 0.535. The van der Waals surface area contributed by atoms with E-state index in [0.29, 0.717) is 6.10 Å². The molecule has 0 aromatic heterocycles. The fourth-order valence-corrected chi connectivity index (χ4v) is 14.5. The highest BCUT2D eigenvalue weighted by Crippen LogP contribution is 2.21. The Bertz CT molecular complexity index is 298. The third-order valence-electron chi connectivity index (χ3n) is 2.82. The van der Waals surface area contributed by atoms with Crippen molar-refractivity contribution in [2.45, 2.75) is 71.2 Å². The van der Waals surface area contributed by atoms with Crippen molar-refractivity contribution >= 4 is 25.4 Å². The maximum absolute atomic E-state index is 6.28. The van der Waals surface area contributed by atoms with Gasteiger partial charge in [-0.05, 0) is 65.1 Å². The Labute approximate surface area is 127 Å². The van der Waals surface area contributed by atoms with Crippen LogP contribution in [0.15, 0.2) is 0 Å². The first-order valence-corrected chi connectivity index (χ1v) is 16.7. The van der Waals surface area contributed by atoms with Gasteiger partial charge in [-0.3, -0.25) is 0 Å². The molecule has 1 aliphatic heterocycles. The normalized spacial score (nSPS) is 20.2. The monoisotopic (exact) mass is 336 g/mol. The highest BCUT2D eigenvalue weighted by molar-refractivity contribution is 6.85. The largest absolute Gasteiger partial charge is 0.437 e. The Kier molecular flexibility index (Phi) is 6.64. The molecular weight excluding hydrogens is 304 g/mol. The van der Waals surface area contributed by atoms with E-state index in [-0.39, 0.29) is 0 Å². The standard InChI is InChI=1S/C13H32O4Si3/c1-18(2,3)16-20(6,7)17-19(4,5)15-11-9-8-10-13-12-14-13/h13H,8-12H2,1-7H3. The van der Waals surface area contributed by atoms with Gasteiger partial charge >= 0.3 is 17.1 Å². The summed E-state index contributed by atoms with van der Waals surface area (Å²) in [4.78, 5) is 0. The number of unbranched alkanes of at least 4 members (excludes halogenated alkanes) is 1. The van der Waals surface area contributed by atoms with Gasteiger partial charge in [-0.25, -0.2) is 0 Å². The number of hydrogen-bond donors (Lipinski definition) is 0. The molecule has 0 aromatic rings. The van der Waals surface area contributed by atoms with Crippen molar-refractivity contribution in [3.8, 4) is 0 Å². The summed E-state index contributed by atoms with van der Waals surface area (Å²) < 4.78 is 23.7. The Morgan fingerprint density at radius 3 is 2.00 bits per heavy atom. The molecule has 0 aromatic carbocycles. The average molecular weight is 337 g/mol. The van der Waals surface area contributed by atoms with Crippen LogP contribution >= 0.6 is 0 Å². The van der Waals surface area contributed by atoms with Crippen molar-refractivity contribution in [1.29, 1.82) is 0 Å². The Balaban J connectivity index is 2.23. The molecule has 0 spiro atoms. The summed E-state index contributed by atoms with van der Waals surface area (Å²) in [6.45, 7) is 16.9. The highest BCUT2D eigenvalue weighted by atomic mass is 28.5. The summed E-state index contributed by atoms with van der Waals surface area (Å²) in [6, 6.07) is 0. The van der Waals surface area contributed by atoms with Gasteiger partial charge in [-0.2, -0.15) is 0 Å². The fourth-order valence-electron chi connectivity index (χ4n) is 2.41. The molecule has 0 radical (unpaired) electrons. The van der Waals surface area contributed by atoms with Crippen LogP contribution in [-0.2, 0) is 17.4 Å².